The molecule has 0 aromatic carbocycles. The molecule has 0 amide bonds. The molecule has 120 valence electrons. The van der Waals surface area contributed by atoms with Crippen molar-refractivity contribution < 1.29 is 0 Å². The van der Waals surface area contributed by atoms with E-state index in [-0.39, 0.29) is 0 Å². The molecule has 1 aliphatic carbocycles. The average Bonchev–Trinajstić information content (AvgIpc) is 3.23. The smallest absolute Gasteiger partial charge is 0.138 e. The molecule has 3 aromatic rings. The second kappa shape index (κ2) is 6.19. The third-order valence-corrected chi connectivity index (χ3v) is 6.63. The molecule has 3 aromatic heterocycles. The van der Waals surface area contributed by atoms with Crippen LogP contribution >= 0.6 is 22.7 Å². The van der Waals surface area contributed by atoms with Crippen LogP contribution in [0.25, 0.3) is 10.2 Å². The molecule has 1 N–H and O–H groups in total. The first-order chi connectivity index (χ1) is 11.2. The molecule has 1 aliphatic rings. The van der Waals surface area contributed by atoms with Crippen LogP contribution in [0.15, 0.2) is 23.8 Å². The Labute approximate surface area is 144 Å². The quantitative estimate of drug-likeness (QED) is 0.761. The number of anilines is 1. The lowest BCUT2D eigenvalue weighted by molar-refractivity contribution is 0.316. The number of likely N-dealkylation sites (N-methyl/N-ethyl adjacent to an activating group) is 1. The Hall–Kier alpha value is -1.50. The molecule has 0 spiro atoms. The molecule has 6 heteroatoms. The van der Waals surface area contributed by atoms with Crippen molar-refractivity contribution in [1.29, 1.82) is 0 Å². The summed E-state index contributed by atoms with van der Waals surface area (Å²) in [7, 11) is 4.26. The van der Waals surface area contributed by atoms with Crippen molar-refractivity contribution in [3.05, 3.63) is 39.2 Å². The van der Waals surface area contributed by atoms with Crippen LogP contribution in [0.5, 0.6) is 0 Å². The van der Waals surface area contributed by atoms with Gasteiger partial charge in [0.05, 0.1) is 11.4 Å². The Kier molecular flexibility index (Phi) is 4.05. The predicted molar refractivity (Wildman–Crippen MR) is 98.7 cm³/mol. The molecule has 1 atom stereocenters. The predicted octanol–water partition coefficient (Wildman–Crippen LogP) is 3.96. The molecule has 4 rings (SSSR count). The van der Waals surface area contributed by atoms with Crippen molar-refractivity contribution in [2.75, 3.05) is 26.0 Å². The monoisotopic (exact) mass is 344 g/mol. The molecule has 4 nitrogen and oxygen atoms in total. The van der Waals surface area contributed by atoms with Gasteiger partial charge in [0.1, 0.15) is 17.0 Å². The summed E-state index contributed by atoms with van der Waals surface area (Å²) >= 11 is 3.65. The number of aryl methyl sites for hydroxylation is 2. The summed E-state index contributed by atoms with van der Waals surface area (Å²) in [6.45, 7) is 0.851. The minimum Gasteiger partial charge on any atom is -0.367 e. The molecule has 0 fully saturated rings. The molecule has 0 aliphatic heterocycles. The topological polar surface area (TPSA) is 41.0 Å². The number of hydrogen-bond donors (Lipinski definition) is 1. The number of aromatic nitrogens is 2. The van der Waals surface area contributed by atoms with Gasteiger partial charge in [-0.05, 0) is 50.4 Å². The fourth-order valence-electron chi connectivity index (χ4n) is 3.27. The summed E-state index contributed by atoms with van der Waals surface area (Å²) in [5, 5.41) is 6.99. The van der Waals surface area contributed by atoms with E-state index in [1.807, 2.05) is 22.7 Å². The molecular weight excluding hydrogens is 324 g/mol. The molecule has 3 heterocycles. The maximum atomic E-state index is 4.54. The molecule has 0 bridgehead atoms. The number of thiophene rings is 2. The second-order valence-corrected chi connectivity index (χ2v) is 8.20. The van der Waals surface area contributed by atoms with Gasteiger partial charge in [0.25, 0.3) is 0 Å². The second-order valence-electron chi connectivity index (χ2n) is 6.14. The first-order valence-electron chi connectivity index (χ1n) is 7.93. The Morgan fingerprint density at radius 1 is 1.30 bits per heavy atom. The highest BCUT2D eigenvalue weighted by molar-refractivity contribution is 7.19. The summed E-state index contributed by atoms with van der Waals surface area (Å²) in [6, 6.07) is 4.67. The van der Waals surface area contributed by atoms with Crippen molar-refractivity contribution in [2.24, 2.45) is 0 Å². The van der Waals surface area contributed by atoms with E-state index >= 15 is 0 Å². The standard InChI is InChI=1S/C17H20N4S2/c1-21(2)12(14-7-4-8-22-14)9-18-16-15-11-5-3-6-13(11)23-17(15)20-10-19-16/h4,7-8,10,12H,3,5-6,9H2,1-2H3,(H,18,19,20)/t12-/m1/s1. The van der Waals surface area contributed by atoms with Crippen LogP contribution in [0.1, 0.15) is 27.8 Å². The molecule has 0 radical (unpaired) electrons. The number of fused-ring (bicyclic) bond motifs is 3. The van der Waals surface area contributed by atoms with Crippen LogP contribution in [0.3, 0.4) is 0 Å². The van der Waals surface area contributed by atoms with Gasteiger partial charge in [0.15, 0.2) is 0 Å². The van der Waals surface area contributed by atoms with Gasteiger partial charge in [-0.15, -0.1) is 22.7 Å². The third kappa shape index (κ3) is 2.75. The zero-order valence-corrected chi connectivity index (χ0v) is 15.0. The van der Waals surface area contributed by atoms with Gasteiger partial charge in [-0.3, -0.25) is 0 Å². The number of rotatable bonds is 5. The van der Waals surface area contributed by atoms with Crippen molar-refractivity contribution >= 4 is 38.7 Å². The van der Waals surface area contributed by atoms with E-state index in [2.05, 4.69) is 51.8 Å². The lowest BCUT2D eigenvalue weighted by Gasteiger charge is -2.24. The minimum atomic E-state index is 0.353. The van der Waals surface area contributed by atoms with Crippen molar-refractivity contribution in [3.8, 4) is 0 Å². The summed E-state index contributed by atoms with van der Waals surface area (Å²) < 4.78 is 0. The van der Waals surface area contributed by atoms with E-state index in [1.165, 1.54) is 40.0 Å². The molecule has 0 saturated heterocycles. The first-order valence-corrected chi connectivity index (χ1v) is 9.62. The summed E-state index contributed by atoms with van der Waals surface area (Å²) in [5.74, 6) is 0.998. The van der Waals surface area contributed by atoms with Crippen LogP contribution in [-0.2, 0) is 12.8 Å². The molecule has 23 heavy (non-hydrogen) atoms. The van der Waals surface area contributed by atoms with Gasteiger partial charge in [-0.25, -0.2) is 9.97 Å². The van der Waals surface area contributed by atoms with Crippen LogP contribution in [0.4, 0.5) is 5.82 Å². The van der Waals surface area contributed by atoms with E-state index in [0.717, 1.165) is 17.2 Å². The lowest BCUT2D eigenvalue weighted by atomic mass is 10.1. The number of nitrogens with one attached hydrogen (secondary N) is 1. The van der Waals surface area contributed by atoms with E-state index < -0.39 is 0 Å². The highest BCUT2D eigenvalue weighted by Crippen LogP contribution is 2.39. The summed E-state index contributed by atoms with van der Waals surface area (Å²) in [6.07, 6.45) is 5.32. The maximum Gasteiger partial charge on any atom is 0.138 e. The van der Waals surface area contributed by atoms with Gasteiger partial charge in [-0.1, -0.05) is 6.07 Å². The Morgan fingerprint density at radius 2 is 2.22 bits per heavy atom. The average molecular weight is 345 g/mol. The lowest BCUT2D eigenvalue weighted by Crippen LogP contribution is -2.26. The van der Waals surface area contributed by atoms with E-state index in [0.29, 0.717) is 6.04 Å². The van der Waals surface area contributed by atoms with E-state index in [4.69, 9.17) is 0 Å². The van der Waals surface area contributed by atoms with Gasteiger partial charge >= 0.3 is 0 Å². The highest BCUT2D eigenvalue weighted by atomic mass is 32.1. The van der Waals surface area contributed by atoms with Gasteiger partial charge < -0.3 is 10.2 Å². The third-order valence-electron chi connectivity index (χ3n) is 4.46. The van der Waals surface area contributed by atoms with Gasteiger partial charge in [0, 0.05) is 16.3 Å². The minimum absolute atomic E-state index is 0.353. The molecule has 0 unspecified atom stereocenters. The SMILES string of the molecule is CN(C)[C@H](CNc1ncnc2sc3c(c12)CCC3)c1cccs1. The zero-order chi connectivity index (χ0) is 15.8. The first kappa shape index (κ1) is 15.1. The van der Waals surface area contributed by atoms with Crippen LogP contribution < -0.4 is 5.32 Å². The van der Waals surface area contributed by atoms with Crippen LogP contribution in [-0.4, -0.2) is 35.5 Å². The van der Waals surface area contributed by atoms with E-state index in [1.54, 1.807) is 6.33 Å². The largest absolute Gasteiger partial charge is 0.367 e. The van der Waals surface area contributed by atoms with Crippen molar-refractivity contribution in [2.45, 2.75) is 25.3 Å². The van der Waals surface area contributed by atoms with Crippen molar-refractivity contribution in [1.82, 2.24) is 14.9 Å². The number of hydrogen-bond acceptors (Lipinski definition) is 6. The summed E-state index contributed by atoms with van der Waals surface area (Å²) in [4.78, 5) is 15.3. The van der Waals surface area contributed by atoms with E-state index in [9.17, 15) is 0 Å². The Balaban J connectivity index is 1.63. The molecular formula is C17H20N4S2. The number of nitrogens with zero attached hydrogens (tertiary/aromatic N) is 3. The van der Waals surface area contributed by atoms with Crippen molar-refractivity contribution in [3.63, 3.8) is 0 Å². The van der Waals surface area contributed by atoms with Gasteiger partial charge in [-0.2, -0.15) is 0 Å². The Bertz CT molecular complexity index is 807. The highest BCUT2D eigenvalue weighted by Gasteiger charge is 2.22. The normalized spacial score (nSPS) is 15.3. The zero-order valence-electron chi connectivity index (χ0n) is 13.4. The summed E-state index contributed by atoms with van der Waals surface area (Å²) in [5.41, 5.74) is 1.48. The fourth-order valence-corrected chi connectivity index (χ4v) is 5.43. The van der Waals surface area contributed by atoms with Crippen LogP contribution in [0.2, 0.25) is 0 Å². The molecule has 0 saturated carbocycles. The fraction of sp³-hybridized carbons (Fsp3) is 0.412. The Morgan fingerprint density at radius 3 is 3.00 bits per heavy atom. The maximum absolute atomic E-state index is 4.54. The van der Waals surface area contributed by atoms with Gasteiger partial charge in [0.2, 0.25) is 0 Å². The van der Waals surface area contributed by atoms with Crippen LogP contribution in [0, 0.1) is 0 Å².